The fourth-order valence-electron chi connectivity index (χ4n) is 2.12. The van der Waals surface area contributed by atoms with Crippen LogP contribution in [-0.4, -0.2) is 9.38 Å². The molecule has 0 unspecified atom stereocenters. The Bertz CT molecular complexity index is 701. The molecular weight excluding hydrogens is 294 g/mol. The molecule has 0 amide bonds. The van der Waals surface area contributed by atoms with Gasteiger partial charge in [-0.25, -0.2) is 4.98 Å². The average molecular weight is 306 g/mol. The van der Waals surface area contributed by atoms with Crippen LogP contribution < -0.4 is 5.73 Å². The van der Waals surface area contributed by atoms with Gasteiger partial charge < -0.3 is 14.6 Å². The third kappa shape index (κ3) is 1.67. The van der Waals surface area contributed by atoms with Crippen LogP contribution in [0.4, 0.5) is 0 Å². The lowest BCUT2D eigenvalue weighted by molar-refractivity contribution is 0.579. The summed E-state index contributed by atoms with van der Waals surface area (Å²) in [5, 5.41) is 0. The van der Waals surface area contributed by atoms with Crippen molar-refractivity contribution in [1.82, 2.24) is 9.38 Å². The van der Waals surface area contributed by atoms with Gasteiger partial charge in [-0.3, -0.25) is 0 Å². The number of pyridine rings is 1. The van der Waals surface area contributed by atoms with E-state index in [1.54, 1.807) is 6.26 Å². The smallest absolute Gasteiger partial charge is 0.154 e. The molecule has 18 heavy (non-hydrogen) atoms. The highest BCUT2D eigenvalue weighted by Crippen LogP contribution is 2.27. The van der Waals surface area contributed by atoms with Gasteiger partial charge in [0.05, 0.1) is 12.0 Å². The van der Waals surface area contributed by atoms with Gasteiger partial charge in [0.2, 0.25) is 0 Å². The van der Waals surface area contributed by atoms with Crippen LogP contribution in [0.3, 0.4) is 0 Å². The Balaban J connectivity index is 2.37. The number of hydrogen-bond acceptors (Lipinski definition) is 3. The maximum Gasteiger partial charge on any atom is 0.154 e. The minimum absolute atomic E-state index is 0.410. The van der Waals surface area contributed by atoms with Gasteiger partial charge in [-0.15, -0.1) is 0 Å². The molecule has 0 radical (unpaired) electrons. The average Bonchev–Trinajstić information content (AvgIpc) is 2.93. The fourth-order valence-corrected chi connectivity index (χ4v) is 2.67. The number of nitrogens with two attached hydrogens (primary N) is 1. The zero-order valence-electron chi connectivity index (χ0n) is 9.85. The molecule has 0 saturated carbocycles. The Morgan fingerprint density at radius 1 is 1.50 bits per heavy atom. The molecule has 0 bridgehead atoms. The second kappa shape index (κ2) is 4.26. The largest absolute Gasteiger partial charge is 0.463 e. The minimum atomic E-state index is 0.410. The zero-order chi connectivity index (χ0) is 12.7. The molecule has 0 aromatic carbocycles. The third-order valence-corrected chi connectivity index (χ3v) is 3.35. The van der Waals surface area contributed by atoms with Crippen molar-refractivity contribution in [3.63, 3.8) is 0 Å². The number of aromatic nitrogens is 2. The second-order valence-corrected chi connectivity index (χ2v) is 5.04. The molecule has 3 rings (SSSR count). The first-order valence-electron chi connectivity index (χ1n) is 5.61. The summed E-state index contributed by atoms with van der Waals surface area (Å²) in [4.78, 5) is 4.64. The molecule has 2 N–H and O–H groups in total. The van der Waals surface area contributed by atoms with E-state index in [1.807, 2.05) is 35.7 Å². The Morgan fingerprint density at radius 3 is 3.00 bits per heavy atom. The molecule has 4 nitrogen and oxygen atoms in total. The van der Waals surface area contributed by atoms with E-state index in [4.69, 9.17) is 10.2 Å². The summed E-state index contributed by atoms with van der Waals surface area (Å²) in [6.45, 7) is 2.44. The summed E-state index contributed by atoms with van der Waals surface area (Å²) in [5.74, 6) is 0.745. The van der Waals surface area contributed by atoms with E-state index in [1.165, 1.54) is 0 Å². The van der Waals surface area contributed by atoms with Gasteiger partial charge in [0, 0.05) is 17.2 Å². The van der Waals surface area contributed by atoms with Gasteiger partial charge in [0.15, 0.2) is 5.76 Å². The lowest BCUT2D eigenvalue weighted by Crippen LogP contribution is -2.02. The predicted molar refractivity (Wildman–Crippen MR) is 73.2 cm³/mol. The van der Waals surface area contributed by atoms with Gasteiger partial charge in [0.1, 0.15) is 11.3 Å². The van der Waals surface area contributed by atoms with Gasteiger partial charge >= 0.3 is 0 Å². The van der Waals surface area contributed by atoms with E-state index in [0.717, 1.165) is 32.8 Å². The summed E-state index contributed by atoms with van der Waals surface area (Å²) in [7, 11) is 0. The van der Waals surface area contributed by atoms with Crippen molar-refractivity contribution in [2.45, 2.75) is 13.5 Å². The van der Waals surface area contributed by atoms with E-state index in [2.05, 4.69) is 20.9 Å². The standard InChI is InChI=1S/C13H12BrN3O/c1-8-5-9(14)7-17-10(6-15)12(16-13(8)17)11-3-2-4-18-11/h2-5,7H,6,15H2,1H3. The van der Waals surface area contributed by atoms with Crippen LogP contribution in [0.1, 0.15) is 11.3 Å². The number of fused-ring (bicyclic) bond motifs is 1. The van der Waals surface area contributed by atoms with Crippen molar-refractivity contribution < 1.29 is 4.42 Å². The van der Waals surface area contributed by atoms with Crippen LogP contribution in [-0.2, 0) is 6.54 Å². The highest BCUT2D eigenvalue weighted by molar-refractivity contribution is 9.10. The maximum absolute atomic E-state index is 5.85. The second-order valence-electron chi connectivity index (χ2n) is 4.12. The van der Waals surface area contributed by atoms with Gasteiger partial charge in [-0.1, -0.05) is 0 Å². The topological polar surface area (TPSA) is 56.5 Å². The molecule has 5 heteroatoms. The van der Waals surface area contributed by atoms with Crippen LogP contribution in [0, 0.1) is 6.92 Å². The number of aryl methyl sites for hydroxylation is 1. The predicted octanol–water partition coefficient (Wildman–Crippen LogP) is 3.12. The first-order valence-corrected chi connectivity index (χ1v) is 6.41. The fraction of sp³-hybridized carbons (Fsp3) is 0.154. The van der Waals surface area contributed by atoms with Crippen molar-refractivity contribution in [3.05, 3.63) is 46.4 Å². The Hall–Kier alpha value is -1.59. The van der Waals surface area contributed by atoms with Crippen molar-refractivity contribution in [2.75, 3.05) is 0 Å². The molecule has 0 aliphatic heterocycles. The number of hydrogen-bond donors (Lipinski definition) is 1. The number of nitrogens with zero attached hydrogens (tertiary/aromatic N) is 2. The van der Waals surface area contributed by atoms with E-state index in [0.29, 0.717) is 6.54 Å². The quantitative estimate of drug-likeness (QED) is 0.791. The van der Waals surface area contributed by atoms with Gasteiger partial charge in [-0.2, -0.15) is 0 Å². The molecule has 3 aromatic rings. The summed E-state index contributed by atoms with van der Waals surface area (Å²) in [6.07, 6.45) is 3.62. The number of furan rings is 1. The van der Waals surface area contributed by atoms with Crippen molar-refractivity contribution >= 4 is 21.6 Å². The first kappa shape index (κ1) is 11.5. The summed E-state index contributed by atoms with van der Waals surface area (Å²) < 4.78 is 8.43. The molecule has 0 fully saturated rings. The van der Waals surface area contributed by atoms with Crippen LogP contribution in [0.5, 0.6) is 0 Å². The van der Waals surface area contributed by atoms with Crippen molar-refractivity contribution in [2.24, 2.45) is 5.73 Å². The molecule has 92 valence electrons. The normalized spacial score (nSPS) is 11.3. The summed E-state index contributed by atoms with van der Waals surface area (Å²) in [6, 6.07) is 5.78. The molecule has 0 aliphatic rings. The highest BCUT2D eigenvalue weighted by Gasteiger charge is 2.16. The van der Waals surface area contributed by atoms with Crippen LogP contribution in [0.2, 0.25) is 0 Å². The molecule has 0 spiro atoms. The van der Waals surface area contributed by atoms with E-state index >= 15 is 0 Å². The Kier molecular flexibility index (Phi) is 2.72. The number of halogens is 1. The van der Waals surface area contributed by atoms with Crippen LogP contribution >= 0.6 is 15.9 Å². The molecule has 0 saturated heterocycles. The van der Waals surface area contributed by atoms with Crippen LogP contribution in [0.25, 0.3) is 17.1 Å². The maximum atomic E-state index is 5.85. The van der Waals surface area contributed by atoms with Crippen molar-refractivity contribution in [3.8, 4) is 11.5 Å². The van der Waals surface area contributed by atoms with Gasteiger partial charge in [0.25, 0.3) is 0 Å². The Labute approximate surface area is 113 Å². The van der Waals surface area contributed by atoms with Crippen molar-refractivity contribution in [1.29, 1.82) is 0 Å². The monoisotopic (exact) mass is 305 g/mol. The highest BCUT2D eigenvalue weighted by atomic mass is 79.9. The SMILES string of the molecule is Cc1cc(Br)cn2c(CN)c(-c3ccco3)nc12. The molecule has 3 aromatic heterocycles. The molecule has 0 atom stereocenters. The number of imidazole rings is 1. The van der Waals surface area contributed by atoms with E-state index < -0.39 is 0 Å². The first-order chi connectivity index (χ1) is 8.70. The molecular formula is C13H12BrN3O. The van der Waals surface area contributed by atoms with E-state index in [9.17, 15) is 0 Å². The summed E-state index contributed by atoms with van der Waals surface area (Å²) in [5.41, 5.74) is 9.61. The van der Waals surface area contributed by atoms with Crippen LogP contribution in [0.15, 0.2) is 39.5 Å². The molecule has 3 heterocycles. The number of rotatable bonds is 2. The third-order valence-electron chi connectivity index (χ3n) is 2.92. The lowest BCUT2D eigenvalue weighted by atomic mass is 10.2. The zero-order valence-corrected chi connectivity index (χ0v) is 11.4. The van der Waals surface area contributed by atoms with Gasteiger partial charge in [-0.05, 0) is 46.6 Å². The minimum Gasteiger partial charge on any atom is -0.463 e. The lowest BCUT2D eigenvalue weighted by Gasteiger charge is -2.02. The molecule has 0 aliphatic carbocycles. The summed E-state index contributed by atoms with van der Waals surface area (Å²) >= 11 is 3.49. The Morgan fingerprint density at radius 2 is 2.33 bits per heavy atom. The van der Waals surface area contributed by atoms with E-state index in [-0.39, 0.29) is 0 Å².